The average Bonchev–Trinajstić information content (AvgIpc) is 3.05. The standard InChI is InChI=1S/C23H28N2O2/c1-5-16(3)18-8-10-20(11-9-18)24-23(27)19-13-22(26)25(14-19)21-12-15(2)6-7-17(21)4/h6-12,16,19H,5,13-14H2,1-4H3,(H,24,27). The summed E-state index contributed by atoms with van der Waals surface area (Å²) in [6.45, 7) is 8.80. The lowest BCUT2D eigenvalue weighted by atomic mass is 9.98. The van der Waals surface area contributed by atoms with E-state index in [9.17, 15) is 9.59 Å². The van der Waals surface area contributed by atoms with Crippen LogP contribution in [0, 0.1) is 19.8 Å². The molecule has 2 aromatic carbocycles. The smallest absolute Gasteiger partial charge is 0.229 e. The van der Waals surface area contributed by atoms with Gasteiger partial charge >= 0.3 is 0 Å². The Kier molecular flexibility index (Phi) is 5.64. The van der Waals surface area contributed by atoms with Crippen molar-refractivity contribution < 1.29 is 9.59 Å². The number of hydrogen-bond donors (Lipinski definition) is 1. The van der Waals surface area contributed by atoms with Crippen LogP contribution >= 0.6 is 0 Å². The maximum atomic E-state index is 12.7. The number of nitrogens with one attached hydrogen (secondary N) is 1. The number of anilines is 2. The van der Waals surface area contributed by atoms with Crippen LogP contribution in [0.5, 0.6) is 0 Å². The van der Waals surface area contributed by atoms with Gasteiger partial charge in [0.2, 0.25) is 11.8 Å². The molecule has 2 atom stereocenters. The van der Waals surface area contributed by atoms with Crippen LogP contribution in [0.2, 0.25) is 0 Å². The second kappa shape index (κ2) is 7.95. The van der Waals surface area contributed by atoms with Crippen LogP contribution in [0.4, 0.5) is 11.4 Å². The SMILES string of the molecule is CCC(C)c1ccc(NC(=O)C2CC(=O)N(c3cc(C)ccc3C)C2)cc1. The normalized spacial score (nSPS) is 17.9. The van der Waals surface area contributed by atoms with E-state index in [1.165, 1.54) is 5.56 Å². The van der Waals surface area contributed by atoms with E-state index >= 15 is 0 Å². The zero-order valence-corrected chi connectivity index (χ0v) is 16.6. The van der Waals surface area contributed by atoms with Crippen LogP contribution in [0.1, 0.15) is 49.3 Å². The highest BCUT2D eigenvalue weighted by atomic mass is 16.2. The van der Waals surface area contributed by atoms with Crippen molar-refractivity contribution in [2.45, 2.75) is 46.5 Å². The molecule has 0 aliphatic carbocycles. The topological polar surface area (TPSA) is 49.4 Å². The van der Waals surface area contributed by atoms with Gasteiger partial charge < -0.3 is 10.2 Å². The van der Waals surface area contributed by atoms with Crippen molar-refractivity contribution in [3.05, 3.63) is 59.2 Å². The van der Waals surface area contributed by atoms with E-state index in [1.807, 2.05) is 44.2 Å². The highest BCUT2D eigenvalue weighted by molar-refractivity contribution is 6.03. The lowest BCUT2D eigenvalue weighted by Crippen LogP contribution is -2.28. The second-order valence-electron chi connectivity index (χ2n) is 7.62. The second-order valence-corrected chi connectivity index (χ2v) is 7.62. The third-order valence-corrected chi connectivity index (χ3v) is 5.51. The molecule has 1 aliphatic heterocycles. The van der Waals surface area contributed by atoms with Gasteiger partial charge in [0, 0.05) is 24.3 Å². The number of rotatable bonds is 5. The molecule has 0 saturated carbocycles. The predicted molar refractivity (Wildman–Crippen MR) is 110 cm³/mol. The number of amides is 2. The van der Waals surface area contributed by atoms with Gasteiger partial charge in [-0.2, -0.15) is 0 Å². The summed E-state index contributed by atoms with van der Waals surface area (Å²) in [7, 11) is 0. The Hall–Kier alpha value is -2.62. The molecule has 142 valence electrons. The van der Waals surface area contributed by atoms with Crippen LogP contribution in [0.15, 0.2) is 42.5 Å². The lowest BCUT2D eigenvalue weighted by molar-refractivity contribution is -0.122. The molecule has 4 nitrogen and oxygen atoms in total. The van der Waals surface area contributed by atoms with Gasteiger partial charge in [0.25, 0.3) is 0 Å². The van der Waals surface area contributed by atoms with Crippen molar-refractivity contribution >= 4 is 23.2 Å². The molecule has 4 heteroatoms. The van der Waals surface area contributed by atoms with Crippen molar-refractivity contribution in [2.24, 2.45) is 5.92 Å². The quantitative estimate of drug-likeness (QED) is 0.828. The zero-order valence-electron chi connectivity index (χ0n) is 16.6. The number of aryl methyl sites for hydroxylation is 2. The van der Waals surface area contributed by atoms with Gasteiger partial charge in [0.05, 0.1) is 5.92 Å². The first-order valence-electron chi connectivity index (χ1n) is 9.67. The van der Waals surface area contributed by atoms with E-state index in [0.29, 0.717) is 12.5 Å². The molecule has 2 amide bonds. The molecule has 0 aromatic heterocycles. The maximum absolute atomic E-state index is 12.7. The van der Waals surface area contributed by atoms with Gasteiger partial charge in [-0.1, -0.05) is 38.1 Å². The molecule has 1 saturated heterocycles. The lowest BCUT2D eigenvalue weighted by Gasteiger charge is -2.19. The van der Waals surface area contributed by atoms with E-state index in [2.05, 4.69) is 31.3 Å². The Morgan fingerprint density at radius 3 is 2.56 bits per heavy atom. The Morgan fingerprint density at radius 2 is 1.89 bits per heavy atom. The van der Waals surface area contributed by atoms with E-state index in [-0.39, 0.29) is 24.2 Å². The minimum Gasteiger partial charge on any atom is -0.326 e. The van der Waals surface area contributed by atoms with Gasteiger partial charge in [-0.15, -0.1) is 0 Å². The highest BCUT2D eigenvalue weighted by Crippen LogP contribution is 2.29. The van der Waals surface area contributed by atoms with E-state index in [1.54, 1.807) is 4.90 Å². The number of carbonyl (C=O) groups excluding carboxylic acids is 2. The van der Waals surface area contributed by atoms with Crippen molar-refractivity contribution in [3.63, 3.8) is 0 Å². The van der Waals surface area contributed by atoms with Gasteiger partial charge in [0.1, 0.15) is 0 Å². The van der Waals surface area contributed by atoms with E-state index in [0.717, 1.165) is 28.9 Å². The zero-order chi connectivity index (χ0) is 19.6. The van der Waals surface area contributed by atoms with Crippen molar-refractivity contribution in [1.82, 2.24) is 0 Å². The summed E-state index contributed by atoms with van der Waals surface area (Å²) in [6, 6.07) is 14.1. The van der Waals surface area contributed by atoms with Crippen molar-refractivity contribution in [3.8, 4) is 0 Å². The van der Waals surface area contributed by atoms with Crippen LogP contribution in [-0.2, 0) is 9.59 Å². The summed E-state index contributed by atoms with van der Waals surface area (Å²) in [5.41, 5.74) is 5.12. The Morgan fingerprint density at radius 1 is 1.19 bits per heavy atom. The molecule has 0 spiro atoms. The van der Waals surface area contributed by atoms with Crippen LogP contribution in [0.25, 0.3) is 0 Å². The molecule has 3 rings (SSSR count). The monoisotopic (exact) mass is 364 g/mol. The molecular weight excluding hydrogens is 336 g/mol. The number of carbonyl (C=O) groups is 2. The molecule has 1 aliphatic rings. The fourth-order valence-electron chi connectivity index (χ4n) is 3.50. The molecule has 27 heavy (non-hydrogen) atoms. The minimum absolute atomic E-state index is 0.0102. The van der Waals surface area contributed by atoms with Crippen LogP contribution in [0.3, 0.4) is 0 Å². The molecule has 0 bridgehead atoms. The Labute approximate surface area is 161 Å². The van der Waals surface area contributed by atoms with E-state index in [4.69, 9.17) is 0 Å². The average molecular weight is 364 g/mol. The van der Waals surface area contributed by atoms with Crippen LogP contribution in [-0.4, -0.2) is 18.4 Å². The van der Waals surface area contributed by atoms with Gasteiger partial charge in [-0.25, -0.2) is 0 Å². The van der Waals surface area contributed by atoms with Gasteiger partial charge in [-0.3, -0.25) is 9.59 Å². The fourth-order valence-corrected chi connectivity index (χ4v) is 3.50. The summed E-state index contributed by atoms with van der Waals surface area (Å²) in [5.74, 6) is 0.100. The largest absolute Gasteiger partial charge is 0.326 e. The first-order valence-corrected chi connectivity index (χ1v) is 9.67. The molecular formula is C23H28N2O2. The van der Waals surface area contributed by atoms with Gasteiger partial charge in [-0.05, 0) is 61.1 Å². The van der Waals surface area contributed by atoms with Crippen molar-refractivity contribution in [2.75, 3.05) is 16.8 Å². The first-order chi connectivity index (χ1) is 12.9. The molecule has 1 fully saturated rings. The maximum Gasteiger partial charge on any atom is 0.229 e. The van der Waals surface area contributed by atoms with Crippen LogP contribution < -0.4 is 10.2 Å². The molecule has 0 radical (unpaired) electrons. The van der Waals surface area contributed by atoms with Gasteiger partial charge in [0.15, 0.2) is 0 Å². The molecule has 2 unspecified atom stereocenters. The number of benzene rings is 2. The Balaban J connectivity index is 1.68. The first kappa shape index (κ1) is 19.2. The van der Waals surface area contributed by atoms with E-state index < -0.39 is 0 Å². The molecule has 1 N–H and O–H groups in total. The fraction of sp³-hybridized carbons (Fsp3) is 0.391. The minimum atomic E-state index is -0.327. The van der Waals surface area contributed by atoms with Crippen molar-refractivity contribution in [1.29, 1.82) is 0 Å². The number of hydrogen-bond acceptors (Lipinski definition) is 2. The molecule has 1 heterocycles. The summed E-state index contributed by atoms with van der Waals surface area (Å²) in [5, 5.41) is 2.97. The third kappa shape index (κ3) is 4.21. The summed E-state index contributed by atoms with van der Waals surface area (Å²) in [4.78, 5) is 26.9. The number of nitrogens with zero attached hydrogens (tertiary/aromatic N) is 1. The highest BCUT2D eigenvalue weighted by Gasteiger charge is 2.35. The Bertz CT molecular complexity index is 842. The summed E-state index contributed by atoms with van der Waals surface area (Å²) >= 11 is 0. The molecule has 2 aromatic rings. The summed E-state index contributed by atoms with van der Waals surface area (Å²) < 4.78 is 0. The predicted octanol–water partition coefficient (Wildman–Crippen LogP) is 4.81. The third-order valence-electron chi connectivity index (χ3n) is 5.51. The summed E-state index contributed by atoms with van der Waals surface area (Å²) in [6.07, 6.45) is 1.34.